The van der Waals surface area contributed by atoms with Crippen molar-refractivity contribution < 1.29 is 14.3 Å². The van der Waals surface area contributed by atoms with Gasteiger partial charge in [0.05, 0.1) is 13.3 Å². The van der Waals surface area contributed by atoms with Crippen LogP contribution in [0.25, 0.3) is 0 Å². The lowest BCUT2D eigenvalue weighted by molar-refractivity contribution is -0.116. The van der Waals surface area contributed by atoms with E-state index in [1.54, 1.807) is 10.9 Å². The molecule has 0 saturated heterocycles. The van der Waals surface area contributed by atoms with Gasteiger partial charge in [-0.2, -0.15) is 5.10 Å². The molecule has 0 aliphatic carbocycles. The molecule has 21 heavy (non-hydrogen) atoms. The van der Waals surface area contributed by atoms with Gasteiger partial charge in [0.1, 0.15) is 6.54 Å². The van der Waals surface area contributed by atoms with E-state index in [0.717, 1.165) is 0 Å². The Labute approximate surface area is 120 Å². The zero-order chi connectivity index (χ0) is 15.4. The first-order valence-corrected chi connectivity index (χ1v) is 6.33. The van der Waals surface area contributed by atoms with Crippen LogP contribution >= 0.6 is 0 Å². The maximum absolute atomic E-state index is 11.8. The van der Waals surface area contributed by atoms with Crippen molar-refractivity contribution in [1.29, 1.82) is 0 Å². The Hall–Kier alpha value is -2.71. The molecule has 1 amide bonds. The predicted molar refractivity (Wildman–Crippen MR) is 72.6 cm³/mol. The maximum Gasteiger partial charge on any atom is 0.358 e. The van der Waals surface area contributed by atoms with E-state index in [2.05, 4.69) is 25.5 Å². The van der Waals surface area contributed by atoms with Crippen LogP contribution in [-0.4, -0.2) is 43.8 Å². The fraction of sp³-hybridized carbons (Fsp3) is 0.417. The number of ether oxygens (including phenoxy) is 1. The van der Waals surface area contributed by atoms with Gasteiger partial charge in [-0.1, -0.05) is 5.21 Å². The summed E-state index contributed by atoms with van der Waals surface area (Å²) in [6.07, 6.45) is 3.17. The van der Waals surface area contributed by atoms with Gasteiger partial charge in [-0.05, 0) is 19.9 Å². The smallest absolute Gasteiger partial charge is 0.358 e. The standard InChI is InChI=1S/C12H16N6O3/c1-8(2)18-6-10(14-16-18)13-11(19)7-17-5-4-9(15-17)12(20)21-3/h4-6,8H,7H2,1-3H3,(H,13,19). The number of carbonyl (C=O) groups is 2. The van der Waals surface area contributed by atoms with Crippen LogP contribution in [0.3, 0.4) is 0 Å². The van der Waals surface area contributed by atoms with Gasteiger partial charge in [0, 0.05) is 12.2 Å². The Morgan fingerprint density at radius 3 is 2.81 bits per heavy atom. The van der Waals surface area contributed by atoms with Crippen molar-refractivity contribution in [2.45, 2.75) is 26.4 Å². The highest BCUT2D eigenvalue weighted by Crippen LogP contribution is 2.06. The van der Waals surface area contributed by atoms with Crippen LogP contribution in [0.15, 0.2) is 18.5 Å². The molecular formula is C12H16N6O3. The first kappa shape index (κ1) is 14.7. The Kier molecular flexibility index (Phi) is 4.31. The number of anilines is 1. The minimum Gasteiger partial charge on any atom is -0.464 e. The third-order valence-electron chi connectivity index (χ3n) is 2.65. The SMILES string of the molecule is COC(=O)c1ccn(CC(=O)Nc2cn(C(C)C)nn2)n1. The van der Waals surface area contributed by atoms with E-state index in [1.807, 2.05) is 13.8 Å². The summed E-state index contributed by atoms with van der Waals surface area (Å²) < 4.78 is 7.52. The third-order valence-corrected chi connectivity index (χ3v) is 2.65. The third kappa shape index (κ3) is 3.65. The summed E-state index contributed by atoms with van der Waals surface area (Å²) in [6, 6.07) is 1.64. The van der Waals surface area contributed by atoms with Crippen LogP contribution in [0, 0.1) is 0 Å². The van der Waals surface area contributed by atoms with Gasteiger partial charge in [0.2, 0.25) is 5.91 Å². The molecule has 0 unspecified atom stereocenters. The van der Waals surface area contributed by atoms with E-state index in [4.69, 9.17) is 0 Å². The van der Waals surface area contributed by atoms with Crippen molar-refractivity contribution in [2.24, 2.45) is 0 Å². The van der Waals surface area contributed by atoms with Crippen molar-refractivity contribution in [3.8, 4) is 0 Å². The number of aromatic nitrogens is 5. The molecule has 0 bridgehead atoms. The Bertz CT molecular complexity index is 645. The van der Waals surface area contributed by atoms with Crippen molar-refractivity contribution in [2.75, 3.05) is 12.4 Å². The molecule has 2 aromatic rings. The van der Waals surface area contributed by atoms with Gasteiger partial charge in [-0.15, -0.1) is 5.10 Å². The highest BCUT2D eigenvalue weighted by atomic mass is 16.5. The van der Waals surface area contributed by atoms with Gasteiger partial charge in [-0.25, -0.2) is 9.48 Å². The fourth-order valence-electron chi connectivity index (χ4n) is 1.58. The van der Waals surface area contributed by atoms with Gasteiger partial charge < -0.3 is 10.1 Å². The molecule has 2 aromatic heterocycles. The van der Waals surface area contributed by atoms with E-state index >= 15 is 0 Å². The molecule has 0 saturated carbocycles. The van der Waals surface area contributed by atoms with E-state index < -0.39 is 5.97 Å². The normalized spacial score (nSPS) is 10.7. The number of methoxy groups -OCH3 is 1. The molecule has 0 aromatic carbocycles. The largest absolute Gasteiger partial charge is 0.464 e. The predicted octanol–water partition coefficient (Wildman–Crippen LogP) is 0.481. The van der Waals surface area contributed by atoms with Gasteiger partial charge in [0.15, 0.2) is 11.5 Å². The quantitative estimate of drug-likeness (QED) is 0.804. The summed E-state index contributed by atoms with van der Waals surface area (Å²) in [4.78, 5) is 23.1. The Morgan fingerprint density at radius 1 is 1.43 bits per heavy atom. The first-order valence-electron chi connectivity index (χ1n) is 6.33. The molecule has 0 spiro atoms. The molecule has 9 heteroatoms. The zero-order valence-corrected chi connectivity index (χ0v) is 12.0. The van der Waals surface area contributed by atoms with Crippen LogP contribution in [0.2, 0.25) is 0 Å². The number of nitrogens with zero attached hydrogens (tertiary/aromatic N) is 5. The van der Waals surface area contributed by atoms with Crippen LogP contribution in [0.5, 0.6) is 0 Å². The van der Waals surface area contributed by atoms with Gasteiger partial charge >= 0.3 is 5.97 Å². The van der Waals surface area contributed by atoms with Crippen LogP contribution < -0.4 is 5.32 Å². The second-order valence-electron chi connectivity index (χ2n) is 4.62. The average molecular weight is 292 g/mol. The number of esters is 1. The van der Waals surface area contributed by atoms with Gasteiger partial charge in [-0.3, -0.25) is 9.48 Å². The van der Waals surface area contributed by atoms with Crippen LogP contribution in [0.1, 0.15) is 30.4 Å². The molecule has 0 aliphatic heterocycles. The van der Waals surface area contributed by atoms with Gasteiger partial charge in [0.25, 0.3) is 0 Å². The summed E-state index contributed by atoms with van der Waals surface area (Å²) >= 11 is 0. The molecule has 2 rings (SSSR count). The molecule has 0 fully saturated rings. The monoisotopic (exact) mass is 292 g/mol. The second-order valence-corrected chi connectivity index (χ2v) is 4.62. The van der Waals surface area contributed by atoms with Crippen molar-refractivity contribution in [1.82, 2.24) is 24.8 Å². The second kappa shape index (κ2) is 6.16. The molecular weight excluding hydrogens is 276 g/mol. The lowest BCUT2D eigenvalue weighted by atomic mass is 10.4. The Morgan fingerprint density at radius 2 is 2.19 bits per heavy atom. The summed E-state index contributed by atoms with van der Waals surface area (Å²) in [5.41, 5.74) is 0.149. The first-order chi connectivity index (χ1) is 9.99. The molecule has 2 heterocycles. The van der Waals surface area contributed by atoms with Crippen molar-refractivity contribution in [3.63, 3.8) is 0 Å². The number of hydrogen-bond donors (Lipinski definition) is 1. The van der Waals surface area contributed by atoms with Crippen molar-refractivity contribution in [3.05, 3.63) is 24.2 Å². The van der Waals surface area contributed by atoms with E-state index in [0.29, 0.717) is 5.82 Å². The number of hydrogen-bond acceptors (Lipinski definition) is 6. The number of nitrogens with one attached hydrogen (secondary N) is 1. The molecule has 1 N–H and O–H groups in total. The van der Waals surface area contributed by atoms with E-state index in [-0.39, 0.29) is 24.2 Å². The molecule has 0 atom stereocenters. The number of carbonyl (C=O) groups excluding carboxylic acids is 2. The highest BCUT2D eigenvalue weighted by Gasteiger charge is 2.12. The minimum atomic E-state index is -0.547. The molecule has 0 radical (unpaired) electrons. The molecule has 9 nitrogen and oxygen atoms in total. The van der Waals surface area contributed by atoms with E-state index in [9.17, 15) is 9.59 Å². The van der Waals surface area contributed by atoms with E-state index in [1.165, 1.54) is 24.1 Å². The minimum absolute atomic E-state index is 0.0362. The number of amides is 1. The van der Waals surface area contributed by atoms with Crippen molar-refractivity contribution >= 4 is 17.7 Å². The number of rotatable bonds is 5. The summed E-state index contributed by atoms with van der Waals surface area (Å²) in [5, 5.41) is 14.3. The molecule has 112 valence electrons. The average Bonchev–Trinajstić information content (AvgIpc) is 3.07. The highest BCUT2D eigenvalue weighted by molar-refractivity contribution is 5.89. The lowest BCUT2D eigenvalue weighted by Gasteiger charge is -2.02. The van der Waals surface area contributed by atoms with Crippen LogP contribution in [0.4, 0.5) is 5.82 Å². The zero-order valence-electron chi connectivity index (χ0n) is 12.0. The van der Waals surface area contributed by atoms with Crippen LogP contribution in [-0.2, 0) is 16.1 Å². The maximum atomic E-state index is 11.8. The topological polar surface area (TPSA) is 104 Å². The Balaban J connectivity index is 1.94. The summed E-state index contributed by atoms with van der Waals surface area (Å²) in [7, 11) is 1.27. The summed E-state index contributed by atoms with van der Waals surface area (Å²) in [6.45, 7) is 3.88. The molecule has 0 aliphatic rings. The summed E-state index contributed by atoms with van der Waals surface area (Å²) in [5.74, 6) is -0.492. The lowest BCUT2D eigenvalue weighted by Crippen LogP contribution is -2.19. The fourth-order valence-corrected chi connectivity index (χ4v) is 1.58.